The lowest BCUT2D eigenvalue weighted by Gasteiger charge is -2.28. The first-order valence-corrected chi connectivity index (χ1v) is 6.43. The average Bonchev–Trinajstić information content (AvgIpc) is 2.40. The van der Waals surface area contributed by atoms with Gasteiger partial charge >= 0.3 is 11.9 Å². The molecule has 1 heterocycles. The molecule has 1 fully saturated rings. The molecule has 2 N–H and O–H groups in total. The van der Waals surface area contributed by atoms with Crippen LogP contribution in [0.5, 0.6) is 5.75 Å². The number of aromatic nitrogens is 1. The van der Waals surface area contributed by atoms with Crippen molar-refractivity contribution in [2.75, 3.05) is 0 Å². The van der Waals surface area contributed by atoms with Crippen molar-refractivity contribution >= 4 is 5.69 Å². The molecular weight excluding hydrogens is 291 g/mol. The minimum atomic E-state index is -4.69. The predicted octanol–water partition coefficient (Wildman–Crippen LogP) is 2.66. The third-order valence-corrected chi connectivity index (χ3v) is 3.37. The van der Waals surface area contributed by atoms with E-state index in [1.54, 1.807) is 0 Å². The van der Waals surface area contributed by atoms with Crippen molar-refractivity contribution in [3.63, 3.8) is 0 Å². The summed E-state index contributed by atoms with van der Waals surface area (Å²) in [6.07, 6.45) is -1.69. The zero-order valence-electron chi connectivity index (χ0n) is 11.0. The Morgan fingerprint density at radius 3 is 2.62 bits per heavy atom. The lowest BCUT2D eigenvalue weighted by atomic mass is 9.93. The summed E-state index contributed by atoms with van der Waals surface area (Å²) in [5.74, 6) is -0.440. The van der Waals surface area contributed by atoms with Crippen LogP contribution in [0.4, 0.5) is 18.9 Å². The summed E-state index contributed by atoms with van der Waals surface area (Å²) < 4.78 is 43.3. The van der Waals surface area contributed by atoms with Crippen LogP contribution in [0.2, 0.25) is 0 Å². The summed E-state index contributed by atoms with van der Waals surface area (Å²) in [5, 5.41) is 10.9. The van der Waals surface area contributed by atoms with Gasteiger partial charge in [0.2, 0.25) is 5.75 Å². The van der Waals surface area contributed by atoms with Gasteiger partial charge in [-0.1, -0.05) is 6.42 Å². The molecule has 1 aliphatic carbocycles. The number of nitro groups is 1. The first-order valence-electron chi connectivity index (χ1n) is 6.43. The number of pyridine rings is 1. The molecule has 1 aliphatic rings. The van der Waals surface area contributed by atoms with Crippen LogP contribution in [0.25, 0.3) is 0 Å². The van der Waals surface area contributed by atoms with E-state index in [-0.39, 0.29) is 6.04 Å². The van der Waals surface area contributed by atoms with E-state index in [1.165, 1.54) is 0 Å². The zero-order chi connectivity index (χ0) is 15.6. The molecule has 0 amide bonds. The first-order chi connectivity index (χ1) is 9.79. The average molecular weight is 305 g/mol. The summed E-state index contributed by atoms with van der Waals surface area (Å²) >= 11 is 0. The van der Waals surface area contributed by atoms with E-state index in [0.29, 0.717) is 25.1 Å². The van der Waals surface area contributed by atoms with Gasteiger partial charge in [-0.15, -0.1) is 0 Å². The molecule has 2 atom stereocenters. The van der Waals surface area contributed by atoms with Gasteiger partial charge in [0.1, 0.15) is 18.0 Å². The molecule has 0 radical (unpaired) electrons. The van der Waals surface area contributed by atoms with Crippen molar-refractivity contribution in [1.29, 1.82) is 0 Å². The molecule has 0 saturated heterocycles. The highest BCUT2D eigenvalue weighted by Crippen LogP contribution is 2.35. The van der Waals surface area contributed by atoms with Crippen molar-refractivity contribution in [1.82, 2.24) is 4.98 Å². The van der Waals surface area contributed by atoms with Crippen LogP contribution in [0, 0.1) is 10.1 Å². The van der Waals surface area contributed by atoms with Gasteiger partial charge in [0.05, 0.1) is 4.92 Å². The maximum Gasteiger partial charge on any atom is 0.433 e. The van der Waals surface area contributed by atoms with E-state index in [4.69, 9.17) is 10.5 Å². The third-order valence-electron chi connectivity index (χ3n) is 3.37. The Labute approximate surface area is 118 Å². The second kappa shape index (κ2) is 5.84. The van der Waals surface area contributed by atoms with E-state index in [2.05, 4.69) is 4.98 Å². The fourth-order valence-electron chi connectivity index (χ4n) is 2.25. The predicted molar refractivity (Wildman–Crippen MR) is 66.8 cm³/mol. The fourth-order valence-corrected chi connectivity index (χ4v) is 2.25. The SMILES string of the molecule is NC1CCCCC1Oc1cc(C(F)(F)F)ncc1[N+](=O)[O-]. The van der Waals surface area contributed by atoms with Gasteiger partial charge in [0, 0.05) is 12.1 Å². The molecule has 116 valence electrons. The molecule has 21 heavy (non-hydrogen) atoms. The molecule has 0 bridgehead atoms. The molecule has 2 rings (SSSR count). The van der Waals surface area contributed by atoms with Gasteiger partial charge in [-0.05, 0) is 19.3 Å². The highest BCUT2D eigenvalue weighted by molar-refractivity contribution is 5.45. The Morgan fingerprint density at radius 1 is 1.38 bits per heavy atom. The van der Waals surface area contributed by atoms with Crippen LogP contribution in [-0.2, 0) is 6.18 Å². The number of hydrogen-bond acceptors (Lipinski definition) is 5. The monoisotopic (exact) mass is 305 g/mol. The summed E-state index contributed by atoms with van der Waals surface area (Å²) in [5.41, 5.74) is 4.02. The van der Waals surface area contributed by atoms with Crippen molar-refractivity contribution < 1.29 is 22.8 Å². The number of alkyl halides is 3. The van der Waals surface area contributed by atoms with Gasteiger partial charge in [-0.3, -0.25) is 10.1 Å². The highest BCUT2D eigenvalue weighted by Gasteiger charge is 2.35. The molecule has 0 aliphatic heterocycles. The number of halogens is 3. The number of nitrogens with two attached hydrogens (primary N) is 1. The number of nitrogens with zero attached hydrogens (tertiary/aromatic N) is 2. The molecule has 1 aromatic heterocycles. The molecule has 1 saturated carbocycles. The summed E-state index contributed by atoms with van der Waals surface area (Å²) in [6.45, 7) is 0. The lowest BCUT2D eigenvalue weighted by molar-refractivity contribution is -0.386. The topological polar surface area (TPSA) is 91.3 Å². The molecule has 1 aromatic rings. The second-order valence-corrected chi connectivity index (χ2v) is 4.90. The van der Waals surface area contributed by atoms with Gasteiger partial charge in [0.25, 0.3) is 0 Å². The number of hydrogen-bond donors (Lipinski definition) is 1. The summed E-state index contributed by atoms with van der Waals surface area (Å²) in [6, 6.07) is 0.209. The van der Waals surface area contributed by atoms with Crippen LogP contribution in [0.1, 0.15) is 31.4 Å². The zero-order valence-corrected chi connectivity index (χ0v) is 11.0. The molecule has 0 aromatic carbocycles. The normalized spacial score (nSPS) is 22.9. The maximum atomic E-state index is 12.6. The van der Waals surface area contributed by atoms with Gasteiger partial charge in [-0.25, -0.2) is 4.98 Å². The molecule has 0 spiro atoms. The van der Waals surface area contributed by atoms with Crippen LogP contribution in [-0.4, -0.2) is 22.1 Å². The Hall–Kier alpha value is -1.90. The van der Waals surface area contributed by atoms with Crippen LogP contribution >= 0.6 is 0 Å². The van der Waals surface area contributed by atoms with Crippen molar-refractivity contribution in [2.24, 2.45) is 5.73 Å². The van der Waals surface area contributed by atoms with E-state index in [9.17, 15) is 23.3 Å². The van der Waals surface area contributed by atoms with Gasteiger partial charge in [-0.2, -0.15) is 13.2 Å². The minimum absolute atomic E-state index is 0.346. The Kier molecular flexibility index (Phi) is 4.31. The van der Waals surface area contributed by atoms with Gasteiger partial charge in [0.15, 0.2) is 0 Å². The third kappa shape index (κ3) is 3.60. The quantitative estimate of drug-likeness (QED) is 0.684. The fraction of sp³-hybridized carbons (Fsp3) is 0.583. The highest BCUT2D eigenvalue weighted by atomic mass is 19.4. The van der Waals surface area contributed by atoms with Crippen molar-refractivity contribution in [2.45, 2.75) is 44.0 Å². The maximum absolute atomic E-state index is 12.6. The van der Waals surface area contributed by atoms with Crippen LogP contribution < -0.4 is 10.5 Å². The largest absolute Gasteiger partial charge is 0.482 e. The standard InChI is InChI=1S/C12H14F3N3O3/c13-12(14,15)11-5-10(8(6-17-11)18(19)20)21-9-4-2-1-3-7(9)16/h5-7,9H,1-4,16H2. The molecule has 2 unspecified atom stereocenters. The van der Waals surface area contributed by atoms with E-state index in [0.717, 1.165) is 12.8 Å². The summed E-state index contributed by atoms with van der Waals surface area (Å²) in [4.78, 5) is 13.1. The van der Waals surface area contributed by atoms with E-state index >= 15 is 0 Å². The smallest absolute Gasteiger partial charge is 0.433 e. The molecule has 6 nitrogen and oxygen atoms in total. The first kappa shape index (κ1) is 15.5. The van der Waals surface area contributed by atoms with Crippen LogP contribution in [0.3, 0.4) is 0 Å². The number of ether oxygens (including phenoxy) is 1. The number of rotatable bonds is 3. The Bertz CT molecular complexity index is 536. The second-order valence-electron chi connectivity index (χ2n) is 4.90. The van der Waals surface area contributed by atoms with Gasteiger partial charge < -0.3 is 10.5 Å². The lowest BCUT2D eigenvalue weighted by Crippen LogP contribution is -2.41. The molecular formula is C12H14F3N3O3. The van der Waals surface area contributed by atoms with Crippen molar-refractivity contribution in [3.8, 4) is 5.75 Å². The minimum Gasteiger partial charge on any atom is -0.482 e. The van der Waals surface area contributed by atoms with Crippen molar-refractivity contribution in [3.05, 3.63) is 28.1 Å². The van der Waals surface area contributed by atoms with Crippen LogP contribution in [0.15, 0.2) is 12.3 Å². The van der Waals surface area contributed by atoms with E-state index < -0.39 is 34.3 Å². The summed E-state index contributed by atoms with van der Waals surface area (Å²) in [7, 11) is 0. The Morgan fingerprint density at radius 2 is 2.05 bits per heavy atom. The molecule has 9 heteroatoms. The van der Waals surface area contributed by atoms with E-state index in [1.807, 2.05) is 0 Å². The Balaban J connectivity index is 2.32.